The predicted octanol–water partition coefficient (Wildman–Crippen LogP) is 3.41. The van der Waals surface area contributed by atoms with Crippen LogP contribution in [0.1, 0.15) is 46.1 Å². The standard InChI is InChI=1S/C16H28N2O2S/c1-6-15(7-2)18(11-12(3)4)21(19,20)16-9-8-14(17)10-13(16)5/h8-10,12,15H,6-7,11,17H2,1-5H3. The molecule has 120 valence electrons. The van der Waals surface area contributed by atoms with Gasteiger partial charge in [-0.05, 0) is 49.4 Å². The largest absolute Gasteiger partial charge is 0.399 e. The number of benzene rings is 1. The minimum atomic E-state index is -3.49. The van der Waals surface area contributed by atoms with E-state index in [0.717, 1.165) is 12.8 Å². The Morgan fingerprint density at radius 3 is 2.19 bits per heavy atom. The summed E-state index contributed by atoms with van der Waals surface area (Å²) in [5.74, 6) is 0.287. The summed E-state index contributed by atoms with van der Waals surface area (Å²) in [5.41, 5.74) is 7.02. The molecule has 0 fully saturated rings. The van der Waals surface area contributed by atoms with Gasteiger partial charge in [0.2, 0.25) is 10.0 Å². The Morgan fingerprint density at radius 2 is 1.76 bits per heavy atom. The highest BCUT2D eigenvalue weighted by molar-refractivity contribution is 7.89. The van der Waals surface area contributed by atoms with Crippen LogP contribution in [0.25, 0.3) is 0 Å². The maximum absolute atomic E-state index is 13.0. The van der Waals surface area contributed by atoms with Crippen LogP contribution in [0.15, 0.2) is 23.1 Å². The van der Waals surface area contributed by atoms with Crippen molar-refractivity contribution in [2.75, 3.05) is 12.3 Å². The van der Waals surface area contributed by atoms with Gasteiger partial charge in [0.15, 0.2) is 0 Å². The Bertz CT molecular complexity index is 564. The van der Waals surface area contributed by atoms with Gasteiger partial charge in [0, 0.05) is 18.3 Å². The minimum absolute atomic E-state index is 0.0364. The second-order valence-electron chi connectivity index (χ2n) is 5.96. The van der Waals surface area contributed by atoms with Crippen molar-refractivity contribution in [3.63, 3.8) is 0 Å². The van der Waals surface area contributed by atoms with Gasteiger partial charge in [-0.1, -0.05) is 27.7 Å². The second-order valence-corrected chi connectivity index (χ2v) is 7.82. The molecule has 0 unspecified atom stereocenters. The van der Waals surface area contributed by atoms with Crippen LogP contribution >= 0.6 is 0 Å². The summed E-state index contributed by atoms with van der Waals surface area (Å²) in [7, 11) is -3.49. The molecule has 0 aliphatic carbocycles. The highest BCUT2D eigenvalue weighted by atomic mass is 32.2. The molecule has 0 saturated carbocycles. The van der Waals surface area contributed by atoms with Crippen LogP contribution in [0, 0.1) is 12.8 Å². The maximum atomic E-state index is 13.0. The fraction of sp³-hybridized carbons (Fsp3) is 0.625. The molecule has 0 spiro atoms. The highest BCUT2D eigenvalue weighted by Gasteiger charge is 2.31. The summed E-state index contributed by atoms with van der Waals surface area (Å²) in [6.07, 6.45) is 1.63. The fourth-order valence-corrected chi connectivity index (χ4v) is 4.73. The molecule has 0 atom stereocenters. The number of nitrogen functional groups attached to an aromatic ring is 1. The molecule has 21 heavy (non-hydrogen) atoms. The zero-order valence-corrected chi connectivity index (χ0v) is 14.6. The van der Waals surface area contributed by atoms with Crippen molar-refractivity contribution in [2.24, 2.45) is 5.92 Å². The number of anilines is 1. The number of hydrogen-bond donors (Lipinski definition) is 1. The Kier molecular flexibility index (Phi) is 6.23. The van der Waals surface area contributed by atoms with Gasteiger partial charge in [-0.3, -0.25) is 0 Å². The van der Waals surface area contributed by atoms with Crippen molar-refractivity contribution in [3.05, 3.63) is 23.8 Å². The first-order chi connectivity index (χ1) is 9.73. The van der Waals surface area contributed by atoms with Crippen LogP contribution in [-0.4, -0.2) is 25.3 Å². The topological polar surface area (TPSA) is 63.4 Å². The molecule has 4 nitrogen and oxygen atoms in total. The van der Waals surface area contributed by atoms with Gasteiger partial charge in [-0.25, -0.2) is 8.42 Å². The SMILES string of the molecule is CCC(CC)N(CC(C)C)S(=O)(=O)c1ccc(N)cc1C. The molecule has 1 aromatic rings. The fourth-order valence-electron chi connectivity index (χ4n) is 2.59. The Labute approximate surface area is 129 Å². The lowest BCUT2D eigenvalue weighted by molar-refractivity contribution is 0.277. The Hall–Kier alpha value is -1.07. The van der Waals surface area contributed by atoms with Gasteiger partial charge in [-0.2, -0.15) is 4.31 Å². The molecule has 0 aliphatic rings. The van der Waals surface area contributed by atoms with E-state index >= 15 is 0 Å². The lowest BCUT2D eigenvalue weighted by Gasteiger charge is -2.31. The second kappa shape index (κ2) is 7.27. The quantitative estimate of drug-likeness (QED) is 0.785. The zero-order chi connectivity index (χ0) is 16.2. The van der Waals surface area contributed by atoms with E-state index in [2.05, 4.69) is 0 Å². The molecule has 0 bridgehead atoms. The smallest absolute Gasteiger partial charge is 0.243 e. The summed E-state index contributed by atoms with van der Waals surface area (Å²) < 4.78 is 27.8. The van der Waals surface area contributed by atoms with E-state index in [1.807, 2.05) is 27.7 Å². The van der Waals surface area contributed by atoms with E-state index < -0.39 is 10.0 Å². The van der Waals surface area contributed by atoms with Gasteiger partial charge >= 0.3 is 0 Å². The molecule has 0 amide bonds. The molecule has 0 heterocycles. The summed E-state index contributed by atoms with van der Waals surface area (Å²) in [6, 6.07) is 5.03. The summed E-state index contributed by atoms with van der Waals surface area (Å²) >= 11 is 0. The van der Waals surface area contributed by atoms with Crippen molar-refractivity contribution in [3.8, 4) is 0 Å². The van der Waals surface area contributed by atoms with E-state index in [1.165, 1.54) is 0 Å². The third-order valence-corrected chi connectivity index (χ3v) is 5.76. The molecule has 2 N–H and O–H groups in total. The number of sulfonamides is 1. The number of hydrogen-bond acceptors (Lipinski definition) is 3. The van der Waals surface area contributed by atoms with E-state index in [1.54, 1.807) is 29.4 Å². The molecule has 5 heteroatoms. The summed E-state index contributed by atoms with van der Waals surface area (Å²) in [5, 5.41) is 0. The summed E-state index contributed by atoms with van der Waals surface area (Å²) in [4.78, 5) is 0.365. The first-order valence-electron chi connectivity index (χ1n) is 7.61. The van der Waals surface area contributed by atoms with Gasteiger partial charge in [0.25, 0.3) is 0 Å². The molecule has 1 rings (SSSR count). The first-order valence-corrected chi connectivity index (χ1v) is 9.05. The molecular formula is C16H28N2O2S. The lowest BCUT2D eigenvalue weighted by Crippen LogP contribution is -2.42. The van der Waals surface area contributed by atoms with Crippen LogP contribution in [0.4, 0.5) is 5.69 Å². The molecule has 0 aromatic heterocycles. The predicted molar refractivity (Wildman–Crippen MR) is 88.7 cm³/mol. The number of nitrogens with two attached hydrogens (primary N) is 1. The molecule has 0 aliphatic heterocycles. The van der Waals surface area contributed by atoms with E-state index in [4.69, 9.17) is 5.73 Å². The molecule has 0 saturated heterocycles. The van der Waals surface area contributed by atoms with E-state index in [9.17, 15) is 8.42 Å². The average Bonchev–Trinajstić information content (AvgIpc) is 2.38. The molecule has 1 aromatic carbocycles. The maximum Gasteiger partial charge on any atom is 0.243 e. The number of rotatable bonds is 7. The van der Waals surface area contributed by atoms with Crippen LogP contribution in [0.5, 0.6) is 0 Å². The summed E-state index contributed by atoms with van der Waals surface area (Å²) in [6.45, 7) is 10.5. The molecular weight excluding hydrogens is 284 g/mol. The van der Waals surface area contributed by atoms with Gasteiger partial charge in [0.05, 0.1) is 4.90 Å². The van der Waals surface area contributed by atoms with Crippen molar-refractivity contribution in [2.45, 2.75) is 58.4 Å². The van der Waals surface area contributed by atoms with Crippen molar-refractivity contribution >= 4 is 15.7 Å². The van der Waals surface area contributed by atoms with Gasteiger partial charge in [0.1, 0.15) is 0 Å². The van der Waals surface area contributed by atoms with Crippen molar-refractivity contribution < 1.29 is 8.42 Å². The monoisotopic (exact) mass is 312 g/mol. The zero-order valence-electron chi connectivity index (χ0n) is 13.8. The van der Waals surface area contributed by atoms with Crippen LogP contribution in [0.2, 0.25) is 0 Å². The van der Waals surface area contributed by atoms with Gasteiger partial charge < -0.3 is 5.73 Å². The third kappa shape index (κ3) is 4.20. The number of nitrogens with zero attached hydrogens (tertiary/aromatic N) is 1. The minimum Gasteiger partial charge on any atom is -0.399 e. The number of aryl methyl sites for hydroxylation is 1. The molecule has 0 radical (unpaired) electrons. The Morgan fingerprint density at radius 1 is 1.19 bits per heavy atom. The lowest BCUT2D eigenvalue weighted by atomic mass is 10.1. The van der Waals surface area contributed by atoms with Crippen LogP contribution < -0.4 is 5.73 Å². The average molecular weight is 312 g/mol. The van der Waals surface area contributed by atoms with E-state index in [-0.39, 0.29) is 12.0 Å². The first kappa shape index (κ1) is 18.0. The van der Waals surface area contributed by atoms with Crippen LogP contribution in [-0.2, 0) is 10.0 Å². The van der Waals surface area contributed by atoms with Crippen molar-refractivity contribution in [1.29, 1.82) is 0 Å². The third-order valence-electron chi connectivity index (χ3n) is 3.68. The Balaban J connectivity index is 3.32. The van der Waals surface area contributed by atoms with Crippen LogP contribution in [0.3, 0.4) is 0 Å². The van der Waals surface area contributed by atoms with Gasteiger partial charge in [-0.15, -0.1) is 0 Å². The normalized spacial score (nSPS) is 12.6. The van der Waals surface area contributed by atoms with Crippen molar-refractivity contribution in [1.82, 2.24) is 4.31 Å². The van der Waals surface area contributed by atoms with E-state index in [0.29, 0.717) is 22.7 Å². The highest BCUT2D eigenvalue weighted by Crippen LogP contribution is 2.26.